The number of nitrogens with zero attached hydrogens (tertiary/aromatic N) is 5. The lowest BCUT2D eigenvalue weighted by molar-refractivity contribution is 0.121. The predicted octanol–water partition coefficient (Wildman–Crippen LogP) is 2.01. The molecular weight excluding hydrogens is 297 g/mol. The molecule has 6 nitrogen and oxygen atoms in total. The van der Waals surface area contributed by atoms with Crippen molar-refractivity contribution in [1.29, 1.82) is 0 Å². The van der Waals surface area contributed by atoms with Crippen molar-refractivity contribution < 1.29 is 9.13 Å². The zero-order valence-electron chi connectivity index (χ0n) is 12.7. The zero-order chi connectivity index (χ0) is 15.8. The molecule has 1 aliphatic heterocycles. The van der Waals surface area contributed by atoms with Gasteiger partial charge in [-0.05, 0) is 24.3 Å². The molecule has 0 unspecified atom stereocenters. The van der Waals surface area contributed by atoms with Gasteiger partial charge in [0.05, 0.1) is 18.7 Å². The van der Waals surface area contributed by atoms with Gasteiger partial charge < -0.3 is 9.64 Å². The van der Waals surface area contributed by atoms with E-state index in [1.165, 1.54) is 6.07 Å². The second kappa shape index (κ2) is 5.58. The van der Waals surface area contributed by atoms with Crippen LogP contribution in [0, 0.1) is 5.82 Å². The van der Waals surface area contributed by atoms with Crippen molar-refractivity contribution in [3.63, 3.8) is 0 Å². The number of ether oxygens (including phenoxy) is 1. The van der Waals surface area contributed by atoms with E-state index in [0.717, 1.165) is 24.6 Å². The van der Waals surface area contributed by atoms with E-state index < -0.39 is 0 Å². The Hall–Kier alpha value is -2.54. The topological polar surface area (TPSA) is 56.1 Å². The summed E-state index contributed by atoms with van der Waals surface area (Å²) >= 11 is 0. The van der Waals surface area contributed by atoms with Crippen molar-refractivity contribution in [3.8, 4) is 11.4 Å². The molecule has 3 aromatic rings. The van der Waals surface area contributed by atoms with Gasteiger partial charge in [-0.1, -0.05) is 0 Å². The lowest BCUT2D eigenvalue weighted by Gasteiger charge is -2.26. The molecular formula is C16H16FN5O. The Bertz CT molecular complexity index is 857. The van der Waals surface area contributed by atoms with Gasteiger partial charge in [-0.3, -0.25) is 4.98 Å². The molecule has 0 atom stereocenters. The Kier molecular flexibility index (Phi) is 3.42. The second-order valence-corrected chi connectivity index (χ2v) is 5.45. The molecule has 0 saturated carbocycles. The first-order chi connectivity index (χ1) is 11.2. The predicted molar refractivity (Wildman–Crippen MR) is 84.7 cm³/mol. The van der Waals surface area contributed by atoms with Crippen LogP contribution in [0.1, 0.15) is 0 Å². The second-order valence-electron chi connectivity index (χ2n) is 5.45. The van der Waals surface area contributed by atoms with E-state index in [1.54, 1.807) is 29.1 Å². The molecule has 3 heterocycles. The molecule has 0 spiro atoms. The fourth-order valence-electron chi connectivity index (χ4n) is 2.85. The summed E-state index contributed by atoms with van der Waals surface area (Å²) in [6.07, 6.45) is 1.65. The smallest absolute Gasteiger partial charge is 0.224 e. The molecule has 7 heteroatoms. The van der Waals surface area contributed by atoms with E-state index in [9.17, 15) is 4.39 Å². The summed E-state index contributed by atoms with van der Waals surface area (Å²) in [4.78, 5) is 11.1. The summed E-state index contributed by atoms with van der Waals surface area (Å²) in [5.74, 6) is 1.05. The molecule has 4 rings (SSSR count). The highest BCUT2D eigenvalue weighted by Gasteiger charge is 2.20. The lowest BCUT2D eigenvalue weighted by atomic mass is 10.1. The van der Waals surface area contributed by atoms with Crippen LogP contribution in [-0.4, -0.2) is 46.1 Å². The van der Waals surface area contributed by atoms with Crippen molar-refractivity contribution in [2.45, 2.75) is 0 Å². The number of rotatable bonds is 2. The third-order valence-corrected chi connectivity index (χ3v) is 3.99. The van der Waals surface area contributed by atoms with Gasteiger partial charge in [-0.15, -0.1) is 5.10 Å². The number of halogens is 1. The maximum Gasteiger partial charge on any atom is 0.224 e. The standard InChI is InChI=1S/C16H16FN5O/c1-21-16(22-7-9-23-10-8-22)19-15(20-21)12-4-5-13(17)11-3-2-6-18-14(11)12/h2-6H,7-10H2,1H3. The molecule has 1 fully saturated rings. The molecule has 2 aromatic heterocycles. The molecule has 1 aromatic carbocycles. The van der Waals surface area contributed by atoms with E-state index in [0.29, 0.717) is 29.9 Å². The van der Waals surface area contributed by atoms with Crippen molar-refractivity contribution in [2.24, 2.45) is 7.05 Å². The first-order valence-corrected chi connectivity index (χ1v) is 7.51. The number of hydrogen-bond donors (Lipinski definition) is 0. The van der Waals surface area contributed by atoms with Crippen molar-refractivity contribution in [1.82, 2.24) is 19.7 Å². The molecule has 0 bridgehead atoms. The van der Waals surface area contributed by atoms with Gasteiger partial charge >= 0.3 is 0 Å². The molecule has 0 N–H and O–H groups in total. The highest BCUT2D eigenvalue weighted by Crippen LogP contribution is 2.28. The minimum atomic E-state index is -0.291. The third-order valence-electron chi connectivity index (χ3n) is 3.99. The van der Waals surface area contributed by atoms with Crippen molar-refractivity contribution in [3.05, 3.63) is 36.3 Å². The maximum absolute atomic E-state index is 13.9. The SMILES string of the molecule is Cn1nc(-c2ccc(F)c3cccnc23)nc1N1CCOCC1. The molecule has 1 aliphatic rings. The fraction of sp³-hybridized carbons (Fsp3) is 0.312. The summed E-state index contributed by atoms with van der Waals surface area (Å²) in [5.41, 5.74) is 1.31. The van der Waals surface area contributed by atoms with Gasteiger partial charge in [0, 0.05) is 37.3 Å². The van der Waals surface area contributed by atoms with Crippen LogP contribution in [-0.2, 0) is 11.8 Å². The van der Waals surface area contributed by atoms with Crippen LogP contribution in [0.4, 0.5) is 10.3 Å². The van der Waals surface area contributed by atoms with Gasteiger partial charge in [0.2, 0.25) is 5.95 Å². The van der Waals surface area contributed by atoms with Crippen molar-refractivity contribution in [2.75, 3.05) is 31.2 Å². The normalized spacial score (nSPS) is 15.3. The van der Waals surface area contributed by atoms with Crippen LogP contribution >= 0.6 is 0 Å². The zero-order valence-corrected chi connectivity index (χ0v) is 12.7. The lowest BCUT2D eigenvalue weighted by Crippen LogP contribution is -2.37. The first kappa shape index (κ1) is 14.1. The minimum absolute atomic E-state index is 0.291. The molecule has 118 valence electrons. The molecule has 23 heavy (non-hydrogen) atoms. The van der Waals surface area contributed by atoms with Crippen LogP contribution in [0.15, 0.2) is 30.5 Å². The number of fused-ring (bicyclic) bond motifs is 1. The average Bonchev–Trinajstić information content (AvgIpc) is 2.98. The summed E-state index contributed by atoms with van der Waals surface area (Å²) in [6.45, 7) is 2.94. The van der Waals surface area contributed by atoms with Crippen LogP contribution in [0.3, 0.4) is 0 Å². The van der Waals surface area contributed by atoms with Crippen molar-refractivity contribution >= 4 is 16.9 Å². The molecule has 0 aliphatic carbocycles. The van der Waals surface area contributed by atoms with E-state index in [2.05, 4.69) is 20.0 Å². The highest BCUT2D eigenvalue weighted by molar-refractivity contribution is 5.92. The number of pyridine rings is 1. The number of anilines is 1. The van der Waals surface area contributed by atoms with Crippen LogP contribution in [0.5, 0.6) is 0 Å². The van der Waals surface area contributed by atoms with Gasteiger partial charge in [-0.25, -0.2) is 9.07 Å². The van der Waals surface area contributed by atoms with E-state index in [1.807, 2.05) is 7.05 Å². The highest BCUT2D eigenvalue weighted by atomic mass is 19.1. The monoisotopic (exact) mass is 313 g/mol. The maximum atomic E-state index is 13.9. The Morgan fingerprint density at radius 1 is 1.17 bits per heavy atom. The van der Waals surface area contributed by atoms with E-state index in [-0.39, 0.29) is 5.82 Å². The van der Waals surface area contributed by atoms with Crippen LogP contribution in [0.25, 0.3) is 22.3 Å². The summed E-state index contributed by atoms with van der Waals surface area (Å²) in [6, 6.07) is 6.56. The Morgan fingerprint density at radius 3 is 2.83 bits per heavy atom. The largest absolute Gasteiger partial charge is 0.378 e. The minimum Gasteiger partial charge on any atom is -0.378 e. The Labute approximate surface area is 132 Å². The number of morpholine rings is 1. The van der Waals surface area contributed by atoms with Gasteiger partial charge in [0.1, 0.15) is 5.82 Å². The quantitative estimate of drug-likeness (QED) is 0.724. The number of benzene rings is 1. The van der Waals surface area contributed by atoms with Gasteiger partial charge in [0.15, 0.2) is 5.82 Å². The van der Waals surface area contributed by atoms with Crippen LogP contribution in [0.2, 0.25) is 0 Å². The van der Waals surface area contributed by atoms with Crippen LogP contribution < -0.4 is 4.90 Å². The van der Waals surface area contributed by atoms with E-state index in [4.69, 9.17) is 4.74 Å². The van der Waals surface area contributed by atoms with Gasteiger partial charge in [0.25, 0.3) is 0 Å². The van der Waals surface area contributed by atoms with E-state index >= 15 is 0 Å². The summed E-state index contributed by atoms with van der Waals surface area (Å²) in [7, 11) is 1.86. The third kappa shape index (κ3) is 2.43. The Balaban J connectivity index is 1.81. The average molecular weight is 313 g/mol. The number of aromatic nitrogens is 4. The molecule has 1 saturated heterocycles. The Morgan fingerprint density at radius 2 is 2.00 bits per heavy atom. The number of aryl methyl sites for hydroxylation is 1. The molecule has 0 amide bonds. The summed E-state index contributed by atoms with van der Waals surface area (Å²) < 4.78 is 21.1. The molecule has 0 radical (unpaired) electrons. The summed E-state index contributed by atoms with van der Waals surface area (Å²) in [5, 5.41) is 4.97. The van der Waals surface area contributed by atoms with Gasteiger partial charge in [-0.2, -0.15) is 4.98 Å². The first-order valence-electron chi connectivity index (χ1n) is 7.51. The fourth-order valence-corrected chi connectivity index (χ4v) is 2.85. The number of hydrogen-bond acceptors (Lipinski definition) is 5.